The van der Waals surface area contributed by atoms with Crippen molar-refractivity contribution in [1.82, 2.24) is 5.32 Å². The van der Waals surface area contributed by atoms with E-state index >= 15 is 0 Å². The summed E-state index contributed by atoms with van der Waals surface area (Å²) in [7, 11) is 0. The van der Waals surface area contributed by atoms with Gasteiger partial charge in [-0.1, -0.05) is 13.3 Å². The number of hydrogen-bond donors (Lipinski definition) is 1. The van der Waals surface area contributed by atoms with Gasteiger partial charge in [-0.3, -0.25) is 0 Å². The molecule has 0 fully saturated rings. The fraction of sp³-hybridized carbons (Fsp3) is 1.00. The van der Waals surface area contributed by atoms with Gasteiger partial charge in [0.05, 0.1) is 6.10 Å². The van der Waals surface area contributed by atoms with Crippen molar-refractivity contribution in [3.63, 3.8) is 0 Å². The predicted octanol–water partition coefficient (Wildman–Crippen LogP) is 2.58. The minimum atomic E-state index is 0.197. The zero-order valence-electron chi connectivity index (χ0n) is 9.81. The first-order valence-electron chi connectivity index (χ1n) is 5.32. The number of ether oxygens (including phenoxy) is 1. The van der Waals surface area contributed by atoms with Crippen LogP contribution in [0.25, 0.3) is 0 Å². The van der Waals surface area contributed by atoms with E-state index in [0.717, 1.165) is 13.2 Å². The highest BCUT2D eigenvalue weighted by Gasteiger charge is 2.10. The van der Waals surface area contributed by atoms with Crippen LogP contribution in [-0.4, -0.2) is 24.8 Å². The average molecular weight is 187 g/mol. The lowest BCUT2D eigenvalue weighted by molar-refractivity contribution is 0.0596. The Balaban J connectivity index is 3.35. The smallest absolute Gasteiger partial charge is 0.0671 e. The molecule has 0 saturated carbocycles. The van der Waals surface area contributed by atoms with Crippen molar-refractivity contribution >= 4 is 0 Å². The van der Waals surface area contributed by atoms with Crippen molar-refractivity contribution in [3.05, 3.63) is 0 Å². The Labute approximate surface area is 83.1 Å². The Bertz CT molecular complexity index is 118. The predicted molar refractivity (Wildman–Crippen MR) is 58.1 cm³/mol. The summed E-state index contributed by atoms with van der Waals surface area (Å²) in [4.78, 5) is 0. The highest BCUT2D eigenvalue weighted by Crippen LogP contribution is 2.00. The summed E-state index contributed by atoms with van der Waals surface area (Å²) in [6.07, 6.45) is 2.70. The highest BCUT2D eigenvalue weighted by atomic mass is 16.5. The fourth-order valence-electron chi connectivity index (χ4n) is 0.938. The molecule has 0 aliphatic heterocycles. The molecule has 1 unspecified atom stereocenters. The Hall–Kier alpha value is -0.0800. The lowest BCUT2D eigenvalue weighted by atomic mass is 10.1. The summed E-state index contributed by atoms with van der Waals surface area (Å²) in [6, 6.07) is 0. The molecule has 2 heteroatoms. The molecule has 0 aliphatic rings. The van der Waals surface area contributed by atoms with Crippen LogP contribution in [-0.2, 0) is 4.74 Å². The summed E-state index contributed by atoms with van der Waals surface area (Å²) >= 11 is 0. The van der Waals surface area contributed by atoms with E-state index < -0.39 is 0 Å². The molecule has 0 amide bonds. The van der Waals surface area contributed by atoms with Gasteiger partial charge in [-0.2, -0.15) is 0 Å². The molecule has 0 aromatic rings. The van der Waals surface area contributed by atoms with E-state index in [0.29, 0.717) is 6.10 Å². The standard InChI is InChI=1S/C11H25NO/c1-6-7-8-13-10(2)9-12-11(3,4)5/h10,12H,6-9H2,1-5H3. The maximum Gasteiger partial charge on any atom is 0.0671 e. The third kappa shape index (κ3) is 9.84. The third-order valence-corrected chi connectivity index (χ3v) is 1.82. The molecule has 1 N–H and O–H groups in total. The summed E-state index contributed by atoms with van der Waals surface area (Å²) in [5.41, 5.74) is 0.197. The second-order valence-corrected chi connectivity index (χ2v) is 4.67. The summed E-state index contributed by atoms with van der Waals surface area (Å²) in [5, 5.41) is 3.42. The van der Waals surface area contributed by atoms with Crippen LogP contribution in [0.5, 0.6) is 0 Å². The van der Waals surface area contributed by atoms with Gasteiger partial charge in [-0.25, -0.2) is 0 Å². The molecule has 1 atom stereocenters. The van der Waals surface area contributed by atoms with Gasteiger partial charge in [0.25, 0.3) is 0 Å². The van der Waals surface area contributed by atoms with Crippen LogP contribution in [0.15, 0.2) is 0 Å². The zero-order valence-corrected chi connectivity index (χ0v) is 9.81. The first-order chi connectivity index (χ1) is 5.95. The molecule has 0 bridgehead atoms. The Morgan fingerprint density at radius 2 is 1.92 bits per heavy atom. The van der Waals surface area contributed by atoms with Crippen LogP contribution in [0, 0.1) is 0 Å². The van der Waals surface area contributed by atoms with Crippen LogP contribution in [0.1, 0.15) is 47.5 Å². The summed E-state index contributed by atoms with van der Waals surface area (Å²) in [5.74, 6) is 0. The SMILES string of the molecule is CCCCOC(C)CNC(C)(C)C. The molecule has 80 valence electrons. The van der Waals surface area contributed by atoms with Gasteiger partial charge < -0.3 is 10.1 Å². The van der Waals surface area contributed by atoms with Crippen LogP contribution < -0.4 is 5.32 Å². The number of rotatable bonds is 6. The number of hydrogen-bond acceptors (Lipinski definition) is 2. The van der Waals surface area contributed by atoms with Crippen LogP contribution in [0.3, 0.4) is 0 Å². The molecule has 0 aromatic heterocycles. The van der Waals surface area contributed by atoms with Gasteiger partial charge in [0.15, 0.2) is 0 Å². The normalized spacial score (nSPS) is 14.5. The maximum atomic E-state index is 5.62. The lowest BCUT2D eigenvalue weighted by Crippen LogP contribution is -2.40. The molecule has 0 spiro atoms. The lowest BCUT2D eigenvalue weighted by Gasteiger charge is -2.23. The van der Waals surface area contributed by atoms with Crippen LogP contribution in [0.4, 0.5) is 0 Å². The van der Waals surface area contributed by atoms with E-state index in [1.54, 1.807) is 0 Å². The molecule has 13 heavy (non-hydrogen) atoms. The first kappa shape index (κ1) is 12.9. The van der Waals surface area contributed by atoms with Crippen molar-refractivity contribution in [2.75, 3.05) is 13.2 Å². The van der Waals surface area contributed by atoms with Crippen LogP contribution in [0.2, 0.25) is 0 Å². The quantitative estimate of drug-likeness (QED) is 0.645. The van der Waals surface area contributed by atoms with Crippen molar-refractivity contribution in [2.24, 2.45) is 0 Å². The van der Waals surface area contributed by atoms with Crippen molar-refractivity contribution in [2.45, 2.75) is 59.1 Å². The number of unbranched alkanes of at least 4 members (excludes halogenated alkanes) is 1. The van der Waals surface area contributed by atoms with Gasteiger partial charge in [0.1, 0.15) is 0 Å². The molecule has 0 rings (SSSR count). The van der Waals surface area contributed by atoms with Crippen LogP contribution >= 0.6 is 0 Å². The second kappa shape index (κ2) is 6.39. The third-order valence-electron chi connectivity index (χ3n) is 1.82. The summed E-state index contributed by atoms with van der Waals surface area (Å²) < 4.78 is 5.62. The number of nitrogens with one attached hydrogen (secondary N) is 1. The molecular formula is C11H25NO. The Morgan fingerprint density at radius 1 is 1.31 bits per heavy atom. The molecule has 0 heterocycles. The van der Waals surface area contributed by atoms with Gasteiger partial charge >= 0.3 is 0 Å². The van der Waals surface area contributed by atoms with Crippen molar-refractivity contribution < 1.29 is 4.74 Å². The molecule has 0 saturated heterocycles. The van der Waals surface area contributed by atoms with E-state index in [2.05, 4.69) is 39.9 Å². The second-order valence-electron chi connectivity index (χ2n) is 4.67. The van der Waals surface area contributed by atoms with Crippen molar-refractivity contribution in [1.29, 1.82) is 0 Å². The van der Waals surface area contributed by atoms with Gasteiger partial charge in [0, 0.05) is 18.7 Å². The Kier molecular flexibility index (Phi) is 6.35. The van der Waals surface area contributed by atoms with Gasteiger partial charge in [-0.05, 0) is 34.1 Å². The molecular weight excluding hydrogens is 162 g/mol. The molecule has 0 aliphatic carbocycles. The van der Waals surface area contributed by atoms with Gasteiger partial charge in [0.2, 0.25) is 0 Å². The highest BCUT2D eigenvalue weighted by molar-refractivity contribution is 4.71. The zero-order chi connectivity index (χ0) is 10.3. The van der Waals surface area contributed by atoms with E-state index in [1.165, 1.54) is 12.8 Å². The molecule has 0 aromatic carbocycles. The Morgan fingerprint density at radius 3 is 2.38 bits per heavy atom. The van der Waals surface area contributed by atoms with E-state index in [9.17, 15) is 0 Å². The first-order valence-corrected chi connectivity index (χ1v) is 5.32. The topological polar surface area (TPSA) is 21.3 Å². The van der Waals surface area contributed by atoms with E-state index in [4.69, 9.17) is 4.74 Å². The average Bonchev–Trinajstić information content (AvgIpc) is 2.00. The minimum Gasteiger partial charge on any atom is -0.377 e. The van der Waals surface area contributed by atoms with Gasteiger partial charge in [-0.15, -0.1) is 0 Å². The largest absolute Gasteiger partial charge is 0.377 e. The molecule has 2 nitrogen and oxygen atoms in total. The molecule has 0 radical (unpaired) electrons. The van der Waals surface area contributed by atoms with E-state index in [1.807, 2.05) is 0 Å². The minimum absolute atomic E-state index is 0.197. The summed E-state index contributed by atoms with van der Waals surface area (Å²) in [6.45, 7) is 12.6. The monoisotopic (exact) mass is 187 g/mol. The maximum absolute atomic E-state index is 5.62. The van der Waals surface area contributed by atoms with Crippen molar-refractivity contribution in [3.8, 4) is 0 Å². The van der Waals surface area contributed by atoms with E-state index in [-0.39, 0.29) is 5.54 Å². The fourth-order valence-corrected chi connectivity index (χ4v) is 0.938.